The smallest absolute Gasteiger partial charge is 0.324 e. The SMILES string of the molecule is CC(C)=CCC/C(C)=C/CC/C(C)=C/CCCCP(=O)(O)O. The van der Waals surface area contributed by atoms with Gasteiger partial charge in [0.1, 0.15) is 0 Å². The molecular formula is C18H33O3P. The van der Waals surface area contributed by atoms with E-state index in [1.165, 1.54) is 16.7 Å². The van der Waals surface area contributed by atoms with Crippen LogP contribution in [-0.2, 0) is 4.57 Å². The van der Waals surface area contributed by atoms with E-state index in [2.05, 4.69) is 45.9 Å². The van der Waals surface area contributed by atoms with Gasteiger partial charge >= 0.3 is 7.60 Å². The lowest BCUT2D eigenvalue weighted by Crippen LogP contribution is -1.87. The molecule has 0 heterocycles. The maximum atomic E-state index is 10.7. The molecule has 0 bridgehead atoms. The second-order valence-corrected chi connectivity index (χ2v) is 8.12. The Labute approximate surface area is 136 Å². The van der Waals surface area contributed by atoms with Crippen LogP contribution in [0.3, 0.4) is 0 Å². The first kappa shape index (κ1) is 21.4. The standard InChI is InChI=1S/C18H33O3P/c1-16(2)10-8-12-18(4)14-9-13-17(3)11-6-5-7-15-22(19,20)21/h10-11,14H,5-9,12-13,15H2,1-4H3,(H2,19,20,21)/b17-11+,18-14+. The molecule has 0 aromatic rings. The van der Waals surface area contributed by atoms with Crippen molar-refractivity contribution in [3.8, 4) is 0 Å². The highest BCUT2D eigenvalue weighted by Crippen LogP contribution is 2.35. The molecule has 0 saturated heterocycles. The van der Waals surface area contributed by atoms with E-state index in [-0.39, 0.29) is 6.16 Å². The molecule has 4 heteroatoms. The van der Waals surface area contributed by atoms with Gasteiger partial charge in [0, 0.05) is 6.16 Å². The zero-order valence-corrected chi connectivity index (χ0v) is 15.5. The van der Waals surface area contributed by atoms with Crippen LogP contribution in [0.2, 0.25) is 0 Å². The van der Waals surface area contributed by atoms with E-state index in [9.17, 15) is 4.57 Å². The third-order valence-corrected chi connectivity index (χ3v) is 4.42. The van der Waals surface area contributed by atoms with E-state index in [0.29, 0.717) is 6.42 Å². The number of hydrogen-bond acceptors (Lipinski definition) is 1. The summed E-state index contributed by atoms with van der Waals surface area (Å²) < 4.78 is 10.7. The van der Waals surface area contributed by atoms with Gasteiger partial charge in [-0.25, -0.2) is 0 Å². The minimum atomic E-state index is -3.81. The molecule has 0 saturated carbocycles. The van der Waals surface area contributed by atoms with E-state index < -0.39 is 7.60 Å². The molecule has 0 atom stereocenters. The van der Waals surface area contributed by atoms with Crippen molar-refractivity contribution in [1.29, 1.82) is 0 Å². The van der Waals surface area contributed by atoms with E-state index in [0.717, 1.165) is 38.5 Å². The van der Waals surface area contributed by atoms with Crippen LogP contribution < -0.4 is 0 Å². The van der Waals surface area contributed by atoms with Crippen LogP contribution in [0.5, 0.6) is 0 Å². The monoisotopic (exact) mass is 328 g/mol. The molecule has 22 heavy (non-hydrogen) atoms. The van der Waals surface area contributed by atoms with Gasteiger partial charge in [-0.1, -0.05) is 34.9 Å². The summed E-state index contributed by atoms with van der Waals surface area (Å²) in [5.74, 6) is 0. The quantitative estimate of drug-likeness (QED) is 0.288. The van der Waals surface area contributed by atoms with Crippen LogP contribution in [0.15, 0.2) is 34.9 Å². The first-order valence-electron chi connectivity index (χ1n) is 8.20. The van der Waals surface area contributed by atoms with Crippen molar-refractivity contribution >= 4 is 7.60 Å². The lowest BCUT2D eigenvalue weighted by Gasteiger charge is -2.03. The Balaban J connectivity index is 3.83. The molecule has 0 aliphatic heterocycles. The fourth-order valence-electron chi connectivity index (χ4n) is 2.15. The predicted molar refractivity (Wildman–Crippen MR) is 96.2 cm³/mol. The highest BCUT2D eigenvalue weighted by Gasteiger charge is 2.10. The second kappa shape index (κ2) is 11.9. The topological polar surface area (TPSA) is 57.5 Å². The third kappa shape index (κ3) is 15.8. The van der Waals surface area contributed by atoms with E-state index in [4.69, 9.17) is 9.79 Å². The van der Waals surface area contributed by atoms with Crippen LogP contribution in [0, 0.1) is 0 Å². The van der Waals surface area contributed by atoms with E-state index in [1.54, 1.807) is 0 Å². The highest BCUT2D eigenvalue weighted by atomic mass is 31.2. The number of rotatable bonds is 11. The predicted octanol–water partition coefficient (Wildman–Crippen LogP) is 5.75. The minimum Gasteiger partial charge on any atom is -0.324 e. The first-order chi connectivity index (χ1) is 10.2. The Morgan fingerprint density at radius 3 is 1.82 bits per heavy atom. The van der Waals surface area contributed by atoms with Crippen molar-refractivity contribution in [1.82, 2.24) is 0 Å². The Hall–Kier alpha value is -0.630. The average Bonchev–Trinajstić information content (AvgIpc) is 2.36. The summed E-state index contributed by atoms with van der Waals surface area (Å²) in [6.07, 6.45) is 13.6. The summed E-state index contributed by atoms with van der Waals surface area (Å²) in [6.45, 7) is 8.59. The van der Waals surface area contributed by atoms with Gasteiger partial charge in [0.25, 0.3) is 0 Å². The Kier molecular flexibility index (Phi) is 11.5. The van der Waals surface area contributed by atoms with Crippen molar-refractivity contribution in [2.45, 2.75) is 72.6 Å². The molecular weight excluding hydrogens is 295 g/mol. The Bertz CT molecular complexity index is 437. The lowest BCUT2D eigenvalue weighted by molar-refractivity contribution is 0.371. The lowest BCUT2D eigenvalue weighted by atomic mass is 10.1. The molecule has 0 radical (unpaired) electrons. The van der Waals surface area contributed by atoms with Gasteiger partial charge in [0.05, 0.1) is 0 Å². The van der Waals surface area contributed by atoms with Crippen LogP contribution in [-0.4, -0.2) is 15.9 Å². The average molecular weight is 328 g/mol. The molecule has 0 aliphatic rings. The van der Waals surface area contributed by atoms with Crippen molar-refractivity contribution in [2.75, 3.05) is 6.16 Å². The normalized spacial score (nSPS) is 13.4. The summed E-state index contributed by atoms with van der Waals surface area (Å²) in [4.78, 5) is 17.5. The number of unbranched alkanes of at least 4 members (excludes halogenated alkanes) is 2. The molecule has 0 aromatic heterocycles. The summed E-state index contributed by atoms with van der Waals surface area (Å²) in [7, 11) is -3.81. The number of hydrogen-bond donors (Lipinski definition) is 2. The zero-order chi connectivity index (χ0) is 17.0. The molecule has 0 aromatic carbocycles. The molecule has 0 unspecified atom stereocenters. The molecule has 0 fully saturated rings. The van der Waals surface area contributed by atoms with Crippen molar-refractivity contribution in [2.24, 2.45) is 0 Å². The fourth-order valence-corrected chi connectivity index (χ4v) is 2.79. The molecule has 0 aliphatic carbocycles. The summed E-state index contributed by atoms with van der Waals surface area (Å²) >= 11 is 0. The molecule has 2 N–H and O–H groups in total. The van der Waals surface area contributed by atoms with Crippen LogP contribution in [0.1, 0.15) is 72.6 Å². The highest BCUT2D eigenvalue weighted by molar-refractivity contribution is 7.51. The second-order valence-electron chi connectivity index (χ2n) is 6.34. The maximum absolute atomic E-state index is 10.7. The van der Waals surface area contributed by atoms with Gasteiger partial charge in [0.15, 0.2) is 0 Å². The molecule has 0 amide bonds. The first-order valence-corrected chi connectivity index (χ1v) is 9.99. The van der Waals surface area contributed by atoms with Crippen molar-refractivity contribution < 1.29 is 14.4 Å². The maximum Gasteiger partial charge on any atom is 0.325 e. The van der Waals surface area contributed by atoms with Crippen LogP contribution >= 0.6 is 7.60 Å². The van der Waals surface area contributed by atoms with Crippen LogP contribution in [0.4, 0.5) is 0 Å². The summed E-state index contributed by atoms with van der Waals surface area (Å²) in [5.41, 5.74) is 4.20. The molecule has 3 nitrogen and oxygen atoms in total. The van der Waals surface area contributed by atoms with Crippen molar-refractivity contribution in [3.63, 3.8) is 0 Å². The van der Waals surface area contributed by atoms with Crippen molar-refractivity contribution in [3.05, 3.63) is 34.9 Å². The van der Waals surface area contributed by atoms with Gasteiger partial charge in [-0.3, -0.25) is 4.57 Å². The van der Waals surface area contributed by atoms with Gasteiger partial charge in [-0.15, -0.1) is 0 Å². The van der Waals surface area contributed by atoms with Gasteiger partial charge in [-0.05, 0) is 72.6 Å². The van der Waals surface area contributed by atoms with E-state index in [1.807, 2.05) is 0 Å². The largest absolute Gasteiger partial charge is 0.325 e. The molecule has 0 spiro atoms. The van der Waals surface area contributed by atoms with E-state index >= 15 is 0 Å². The van der Waals surface area contributed by atoms with Gasteiger partial charge in [-0.2, -0.15) is 0 Å². The van der Waals surface area contributed by atoms with Gasteiger partial charge in [0.2, 0.25) is 0 Å². The molecule has 0 rings (SSSR count). The molecule has 128 valence electrons. The number of allylic oxidation sites excluding steroid dienone is 6. The summed E-state index contributed by atoms with van der Waals surface area (Å²) in [6, 6.07) is 0. The minimum absolute atomic E-state index is 0.00744. The van der Waals surface area contributed by atoms with Gasteiger partial charge < -0.3 is 9.79 Å². The Morgan fingerprint density at radius 1 is 0.818 bits per heavy atom. The third-order valence-electron chi connectivity index (χ3n) is 3.52. The zero-order valence-electron chi connectivity index (χ0n) is 14.6. The Morgan fingerprint density at radius 2 is 1.32 bits per heavy atom. The fraction of sp³-hybridized carbons (Fsp3) is 0.667. The van der Waals surface area contributed by atoms with Crippen LogP contribution in [0.25, 0.3) is 0 Å². The summed E-state index contributed by atoms with van der Waals surface area (Å²) in [5, 5.41) is 0.